The first-order chi connectivity index (χ1) is 16.0. The predicted molar refractivity (Wildman–Crippen MR) is 147 cm³/mol. The highest BCUT2D eigenvalue weighted by atomic mass is 28.5. The zero-order chi connectivity index (χ0) is 23.2. The van der Waals surface area contributed by atoms with Gasteiger partial charge in [0.1, 0.15) is 0 Å². The van der Waals surface area contributed by atoms with Gasteiger partial charge in [-0.2, -0.15) is 0 Å². The van der Waals surface area contributed by atoms with Crippen LogP contribution in [-0.4, -0.2) is 25.9 Å². The van der Waals surface area contributed by atoms with Gasteiger partial charge in [0.05, 0.1) is 0 Å². The van der Waals surface area contributed by atoms with E-state index in [0.29, 0.717) is 0 Å². The van der Waals surface area contributed by atoms with Crippen molar-refractivity contribution in [2.75, 3.05) is 0 Å². The summed E-state index contributed by atoms with van der Waals surface area (Å²) in [6.07, 6.45) is 0. The van der Waals surface area contributed by atoms with E-state index < -0.39 is 25.9 Å². The van der Waals surface area contributed by atoms with E-state index in [-0.39, 0.29) is 0 Å². The Balaban J connectivity index is 1.93. The van der Waals surface area contributed by atoms with Crippen LogP contribution in [0.1, 0.15) is 5.56 Å². The van der Waals surface area contributed by atoms with E-state index >= 15 is 0 Å². The average Bonchev–Trinajstić information content (AvgIpc) is 2.84. The Kier molecular flexibility index (Phi) is 7.57. The van der Waals surface area contributed by atoms with Gasteiger partial charge < -0.3 is 8.23 Å². The van der Waals surface area contributed by atoms with Crippen molar-refractivity contribution in [1.29, 1.82) is 0 Å². The summed E-state index contributed by atoms with van der Waals surface area (Å²) in [5.74, 6) is 0. The molecule has 0 saturated heterocycles. The number of rotatable bonds is 9. The van der Waals surface area contributed by atoms with Crippen molar-refractivity contribution in [2.24, 2.45) is 0 Å². The number of benzene rings is 4. The quantitative estimate of drug-likeness (QED) is 0.257. The maximum absolute atomic E-state index is 7.59. The second-order valence-corrected chi connectivity index (χ2v) is 18.4. The van der Waals surface area contributed by atoms with E-state index in [0.717, 1.165) is 6.04 Å². The molecule has 2 nitrogen and oxygen atoms in total. The van der Waals surface area contributed by atoms with Crippen LogP contribution >= 0.6 is 0 Å². The SMILES string of the molecule is C[SiH](C)O[Si](C)(Cc1ccccc1)O[Si](c1ccccc1)(c1ccccc1)c1ccccc1. The first-order valence-electron chi connectivity index (χ1n) is 11.6. The lowest BCUT2D eigenvalue weighted by Gasteiger charge is -2.42. The molecule has 0 spiro atoms. The van der Waals surface area contributed by atoms with Crippen molar-refractivity contribution in [1.82, 2.24) is 0 Å². The van der Waals surface area contributed by atoms with Crippen LogP contribution in [0.3, 0.4) is 0 Å². The zero-order valence-electron chi connectivity index (χ0n) is 19.6. The molecule has 4 rings (SSSR count). The van der Waals surface area contributed by atoms with E-state index in [2.05, 4.69) is 141 Å². The molecule has 5 heteroatoms. The summed E-state index contributed by atoms with van der Waals surface area (Å²) in [6.45, 7) is 6.76. The number of hydrogen-bond donors (Lipinski definition) is 0. The largest absolute Gasteiger partial charge is 0.439 e. The summed E-state index contributed by atoms with van der Waals surface area (Å²) in [5, 5.41) is 3.76. The van der Waals surface area contributed by atoms with Gasteiger partial charge in [0.25, 0.3) is 8.32 Å². The zero-order valence-corrected chi connectivity index (χ0v) is 22.8. The molecule has 0 radical (unpaired) electrons. The van der Waals surface area contributed by atoms with E-state index in [1.165, 1.54) is 21.1 Å². The molecule has 4 aromatic rings. The molecule has 0 aliphatic rings. The highest BCUT2D eigenvalue weighted by Crippen LogP contribution is 2.22. The maximum atomic E-state index is 7.59. The molecule has 0 aliphatic carbocycles. The molecule has 0 saturated carbocycles. The summed E-state index contributed by atoms with van der Waals surface area (Å²) in [4.78, 5) is 0. The molecule has 1 unspecified atom stereocenters. The van der Waals surface area contributed by atoms with Crippen LogP contribution in [0.5, 0.6) is 0 Å². The van der Waals surface area contributed by atoms with Crippen LogP contribution in [0.4, 0.5) is 0 Å². The Morgan fingerprint density at radius 3 is 1.30 bits per heavy atom. The summed E-state index contributed by atoms with van der Waals surface area (Å²) < 4.78 is 14.4. The first kappa shape index (κ1) is 23.6. The molecule has 0 aromatic heterocycles. The van der Waals surface area contributed by atoms with Crippen LogP contribution in [0.2, 0.25) is 19.6 Å². The van der Waals surface area contributed by atoms with Crippen molar-refractivity contribution >= 4 is 41.5 Å². The molecule has 0 heterocycles. The second-order valence-electron chi connectivity index (χ2n) is 8.84. The van der Waals surface area contributed by atoms with Gasteiger partial charge in [0.2, 0.25) is 0 Å². The van der Waals surface area contributed by atoms with Crippen molar-refractivity contribution in [3.63, 3.8) is 0 Å². The fraction of sp³-hybridized carbons (Fsp3) is 0.143. The van der Waals surface area contributed by atoms with E-state index in [9.17, 15) is 0 Å². The molecule has 1 atom stereocenters. The third kappa shape index (κ3) is 5.51. The Hall–Kier alpha value is -2.55. The van der Waals surface area contributed by atoms with Gasteiger partial charge in [-0.3, -0.25) is 0 Å². The Bertz CT molecular complexity index is 1030. The molecule has 0 amide bonds. The Morgan fingerprint density at radius 1 is 0.576 bits per heavy atom. The molecule has 33 heavy (non-hydrogen) atoms. The summed E-state index contributed by atoms with van der Waals surface area (Å²) in [5.41, 5.74) is 1.28. The Morgan fingerprint density at radius 2 is 0.939 bits per heavy atom. The third-order valence-electron chi connectivity index (χ3n) is 5.76. The normalized spacial score (nSPS) is 13.6. The van der Waals surface area contributed by atoms with Crippen LogP contribution < -0.4 is 15.6 Å². The lowest BCUT2D eigenvalue weighted by atomic mass is 10.2. The lowest BCUT2D eigenvalue weighted by Crippen LogP contribution is -2.73. The summed E-state index contributed by atoms with van der Waals surface area (Å²) in [6, 6.07) is 43.9. The summed E-state index contributed by atoms with van der Waals surface area (Å²) >= 11 is 0. The fourth-order valence-electron chi connectivity index (χ4n) is 4.59. The minimum atomic E-state index is -2.82. The van der Waals surface area contributed by atoms with Gasteiger partial charge in [-0.15, -0.1) is 0 Å². The smallest absolute Gasteiger partial charge is 0.319 e. The molecule has 0 bridgehead atoms. The average molecular weight is 485 g/mol. The van der Waals surface area contributed by atoms with Crippen LogP contribution in [0.15, 0.2) is 121 Å². The molecule has 0 aliphatic heterocycles. The van der Waals surface area contributed by atoms with E-state index in [4.69, 9.17) is 8.23 Å². The molecular weight excluding hydrogens is 453 g/mol. The van der Waals surface area contributed by atoms with Crippen LogP contribution in [-0.2, 0) is 14.3 Å². The predicted octanol–water partition coefficient (Wildman–Crippen LogP) is 4.52. The van der Waals surface area contributed by atoms with Crippen LogP contribution in [0.25, 0.3) is 0 Å². The van der Waals surface area contributed by atoms with Gasteiger partial charge >= 0.3 is 8.56 Å². The van der Waals surface area contributed by atoms with Gasteiger partial charge in [-0.05, 0) is 40.8 Å². The topological polar surface area (TPSA) is 18.5 Å². The van der Waals surface area contributed by atoms with Crippen molar-refractivity contribution in [3.05, 3.63) is 127 Å². The standard InChI is InChI=1S/C28H32O2Si3/c1-31(2)29-32(3,24-25-16-8-4-9-17-25)30-33(26-18-10-5-11-19-26,27-20-12-6-13-21-27)28-22-14-7-15-23-28/h4-23,31H,24H2,1-3H3. The molecular formula is C28H32O2Si3. The minimum absolute atomic E-state index is 0.834. The Labute approximate surface area is 202 Å². The van der Waals surface area contributed by atoms with Crippen molar-refractivity contribution < 1.29 is 8.23 Å². The monoisotopic (exact) mass is 484 g/mol. The van der Waals surface area contributed by atoms with Gasteiger partial charge in [-0.1, -0.05) is 121 Å². The summed E-state index contributed by atoms with van der Waals surface area (Å²) in [7, 11) is -6.78. The van der Waals surface area contributed by atoms with Gasteiger partial charge in [0, 0.05) is 6.04 Å². The maximum Gasteiger partial charge on any atom is 0.319 e. The van der Waals surface area contributed by atoms with E-state index in [1.54, 1.807) is 0 Å². The van der Waals surface area contributed by atoms with E-state index in [1.807, 2.05) is 0 Å². The second kappa shape index (κ2) is 10.6. The van der Waals surface area contributed by atoms with Gasteiger partial charge in [-0.25, -0.2) is 0 Å². The third-order valence-corrected chi connectivity index (χ3v) is 17.1. The first-order valence-corrected chi connectivity index (χ1v) is 18.8. The van der Waals surface area contributed by atoms with Gasteiger partial charge in [0.15, 0.2) is 9.04 Å². The van der Waals surface area contributed by atoms with Crippen molar-refractivity contribution in [2.45, 2.75) is 25.7 Å². The van der Waals surface area contributed by atoms with Crippen LogP contribution in [0, 0.1) is 0 Å². The molecule has 0 N–H and O–H groups in total. The molecule has 0 fully saturated rings. The molecule has 168 valence electrons. The lowest BCUT2D eigenvalue weighted by molar-refractivity contribution is 0.400. The number of hydrogen-bond acceptors (Lipinski definition) is 2. The fourth-order valence-corrected chi connectivity index (χ4v) is 17.8. The van der Waals surface area contributed by atoms with Crippen molar-refractivity contribution in [3.8, 4) is 0 Å². The molecule has 4 aromatic carbocycles. The minimum Gasteiger partial charge on any atom is -0.439 e. The highest BCUT2D eigenvalue weighted by molar-refractivity contribution is 7.10. The highest BCUT2D eigenvalue weighted by Gasteiger charge is 2.49.